The van der Waals surface area contributed by atoms with Gasteiger partial charge >= 0.3 is 6.03 Å². The van der Waals surface area contributed by atoms with Crippen LogP contribution in [-0.2, 0) is 13.1 Å². The lowest BCUT2D eigenvalue weighted by Crippen LogP contribution is -2.63. The molecule has 0 radical (unpaired) electrons. The molecule has 1 spiro atoms. The number of aliphatic imine (C=N–C) groups is 1. The van der Waals surface area contributed by atoms with Gasteiger partial charge in [-0.3, -0.25) is 4.90 Å². The zero-order chi connectivity index (χ0) is 20.9. The highest BCUT2D eigenvalue weighted by Crippen LogP contribution is 2.43. The van der Waals surface area contributed by atoms with E-state index in [9.17, 15) is 9.18 Å². The number of hydrogen-bond acceptors (Lipinski definition) is 3. The summed E-state index contributed by atoms with van der Waals surface area (Å²) in [5.41, 5.74) is 2.61. The molecule has 5 nitrogen and oxygen atoms in total. The minimum absolute atomic E-state index is 0.288. The molecule has 0 unspecified atom stereocenters. The average Bonchev–Trinajstić information content (AvgIpc) is 3.27. The molecule has 0 aromatic heterocycles. The normalized spacial score (nSPS) is 26.4. The molecule has 3 heterocycles. The largest absolute Gasteiger partial charge is 0.350 e. The maximum atomic E-state index is 14.1. The van der Waals surface area contributed by atoms with E-state index < -0.39 is 5.54 Å². The molecule has 5 rings (SSSR count). The number of anilines is 1. The summed E-state index contributed by atoms with van der Waals surface area (Å²) >= 11 is 0. The highest BCUT2D eigenvalue weighted by atomic mass is 19.1. The first kappa shape index (κ1) is 19.2. The lowest BCUT2D eigenvalue weighted by molar-refractivity contribution is 0.132. The lowest BCUT2D eigenvalue weighted by Gasteiger charge is -2.49. The van der Waals surface area contributed by atoms with E-state index in [1.807, 2.05) is 6.07 Å². The Labute approximate surface area is 176 Å². The van der Waals surface area contributed by atoms with Crippen LogP contribution in [0.2, 0.25) is 0 Å². The number of nitrogens with zero attached hydrogens (tertiary/aromatic N) is 4. The summed E-state index contributed by atoms with van der Waals surface area (Å²) < 4.78 is 14.1. The maximum absolute atomic E-state index is 14.1. The van der Waals surface area contributed by atoms with E-state index in [0.717, 1.165) is 44.9 Å². The maximum Gasteiger partial charge on any atom is 0.350 e. The van der Waals surface area contributed by atoms with Crippen LogP contribution in [0, 0.1) is 5.82 Å². The van der Waals surface area contributed by atoms with E-state index in [2.05, 4.69) is 52.9 Å². The molecule has 30 heavy (non-hydrogen) atoms. The molecular weight excluding hydrogens is 379 g/mol. The van der Waals surface area contributed by atoms with Gasteiger partial charge in [-0.15, -0.1) is 0 Å². The van der Waals surface area contributed by atoms with Crippen molar-refractivity contribution in [3.8, 4) is 0 Å². The number of carbonyl (C=O) groups is 1. The number of amides is 2. The van der Waals surface area contributed by atoms with Gasteiger partial charge in [0.25, 0.3) is 0 Å². The van der Waals surface area contributed by atoms with Crippen LogP contribution in [0.4, 0.5) is 14.9 Å². The molecule has 2 aromatic rings. The summed E-state index contributed by atoms with van der Waals surface area (Å²) in [7, 11) is 0. The standard InChI is InChI=1S/C24H27FN4O/c1-3-27-12-11-24(14-17(27)2)22(28-15-18-7-4-5-8-19(18)16-28)26-23(30)29(24)21-10-6-9-20(25)13-21/h4-10,13,17H,3,11-12,14-16H2,1-2H3/t17-,24+/m0/s1. The molecule has 156 valence electrons. The summed E-state index contributed by atoms with van der Waals surface area (Å²) in [6.07, 6.45) is 1.58. The summed E-state index contributed by atoms with van der Waals surface area (Å²) in [5.74, 6) is 0.507. The summed E-state index contributed by atoms with van der Waals surface area (Å²) in [6, 6.07) is 14.8. The summed E-state index contributed by atoms with van der Waals surface area (Å²) in [4.78, 5) is 24.3. The van der Waals surface area contributed by atoms with Gasteiger partial charge in [0.15, 0.2) is 0 Å². The second kappa shape index (κ2) is 7.20. The van der Waals surface area contributed by atoms with Crippen molar-refractivity contribution < 1.29 is 9.18 Å². The van der Waals surface area contributed by atoms with E-state index in [4.69, 9.17) is 0 Å². The fourth-order valence-electron chi connectivity index (χ4n) is 5.49. The summed E-state index contributed by atoms with van der Waals surface area (Å²) in [5, 5.41) is 0. The first-order valence-corrected chi connectivity index (χ1v) is 10.8. The number of halogens is 1. The van der Waals surface area contributed by atoms with Crippen LogP contribution in [0.1, 0.15) is 37.8 Å². The Morgan fingerprint density at radius 2 is 1.87 bits per heavy atom. The lowest BCUT2D eigenvalue weighted by atomic mass is 9.80. The van der Waals surface area contributed by atoms with Crippen molar-refractivity contribution in [1.29, 1.82) is 0 Å². The first-order valence-electron chi connectivity index (χ1n) is 10.8. The number of urea groups is 1. The molecule has 6 heteroatoms. The van der Waals surface area contributed by atoms with Crippen molar-refractivity contribution in [2.24, 2.45) is 4.99 Å². The number of carbonyl (C=O) groups excluding carboxylic acids is 1. The number of fused-ring (bicyclic) bond motifs is 1. The Morgan fingerprint density at radius 3 is 2.50 bits per heavy atom. The number of piperidine rings is 1. The van der Waals surface area contributed by atoms with Crippen LogP contribution in [0.15, 0.2) is 53.5 Å². The zero-order valence-electron chi connectivity index (χ0n) is 17.5. The fourth-order valence-corrected chi connectivity index (χ4v) is 5.49. The molecular formula is C24H27FN4O. The minimum atomic E-state index is -0.544. The van der Waals surface area contributed by atoms with Crippen LogP contribution in [0.3, 0.4) is 0 Å². The van der Waals surface area contributed by atoms with Crippen LogP contribution >= 0.6 is 0 Å². The SMILES string of the molecule is CCN1CC[C@@]2(C[C@@H]1C)C(N1Cc3ccccc3C1)=NC(=O)N2c1cccc(F)c1. The van der Waals surface area contributed by atoms with E-state index in [1.54, 1.807) is 11.0 Å². The number of likely N-dealkylation sites (tertiary alicyclic amines) is 1. The van der Waals surface area contributed by atoms with Gasteiger partial charge in [0.1, 0.15) is 17.2 Å². The van der Waals surface area contributed by atoms with Crippen molar-refractivity contribution in [3.05, 3.63) is 65.5 Å². The molecule has 1 saturated heterocycles. The molecule has 0 saturated carbocycles. The van der Waals surface area contributed by atoms with Gasteiger partial charge < -0.3 is 9.80 Å². The number of benzene rings is 2. The molecule has 0 bridgehead atoms. The molecule has 3 aliphatic heterocycles. The zero-order valence-corrected chi connectivity index (χ0v) is 17.5. The Kier molecular flexibility index (Phi) is 4.62. The van der Waals surface area contributed by atoms with Crippen molar-refractivity contribution >= 4 is 17.6 Å². The molecule has 1 fully saturated rings. The second-order valence-corrected chi connectivity index (χ2v) is 8.62. The quantitative estimate of drug-likeness (QED) is 0.741. The van der Waals surface area contributed by atoms with Crippen molar-refractivity contribution in [2.75, 3.05) is 18.0 Å². The van der Waals surface area contributed by atoms with Gasteiger partial charge in [-0.05, 0) is 55.6 Å². The van der Waals surface area contributed by atoms with Crippen LogP contribution < -0.4 is 4.90 Å². The van der Waals surface area contributed by atoms with Crippen molar-refractivity contribution in [1.82, 2.24) is 9.80 Å². The van der Waals surface area contributed by atoms with Crippen LogP contribution in [0.25, 0.3) is 0 Å². The van der Waals surface area contributed by atoms with Gasteiger partial charge in [-0.2, -0.15) is 4.99 Å². The number of hydrogen-bond donors (Lipinski definition) is 0. The molecule has 2 amide bonds. The van der Waals surface area contributed by atoms with Gasteiger partial charge in [-0.25, -0.2) is 9.18 Å². The highest BCUT2D eigenvalue weighted by molar-refractivity contribution is 6.16. The van der Waals surface area contributed by atoms with Gasteiger partial charge in [-0.1, -0.05) is 37.3 Å². The van der Waals surface area contributed by atoms with Gasteiger partial charge in [0.05, 0.1) is 0 Å². The third kappa shape index (κ3) is 2.93. The molecule has 3 aliphatic rings. The molecule has 0 N–H and O–H groups in total. The molecule has 0 aliphatic carbocycles. The van der Waals surface area contributed by atoms with Crippen molar-refractivity contribution in [2.45, 2.75) is 51.4 Å². The Balaban J connectivity index is 1.56. The molecule has 2 atom stereocenters. The smallest absolute Gasteiger partial charge is 0.349 e. The third-order valence-electron chi connectivity index (χ3n) is 6.92. The highest BCUT2D eigenvalue weighted by Gasteiger charge is 2.55. The Morgan fingerprint density at radius 1 is 1.13 bits per heavy atom. The Bertz CT molecular complexity index is 997. The van der Waals surface area contributed by atoms with Crippen LogP contribution in [0.5, 0.6) is 0 Å². The van der Waals surface area contributed by atoms with Gasteiger partial charge in [0, 0.05) is 31.4 Å². The van der Waals surface area contributed by atoms with E-state index in [0.29, 0.717) is 11.7 Å². The average molecular weight is 407 g/mol. The fraction of sp³-hybridized carbons (Fsp3) is 0.417. The minimum Gasteiger partial charge on any atom is -0.349 e. The Hall–Kier alpha value is -2.73. The van der Waals surface area contributed by atoms with E-state index >= 15 is 0 Å². The van der Waals surface area contributed by atoms with Crippen molar-refractivity contribution in [3.63, 3.8) is 0 Å². The monoisotopic (exact) mass is 406 g/mol. The summed E-state index contributed by atoms with van der Waals surface area (Å²) in [6.45, 7) is 7.77. The van der Waals surface area contributed by atoms with Crippen LogP contribution in [-0.4, -0.2) is 46.3 Å². The predicted octanol–water partition coefficient (Wildman–Crippen LogP) is 4.42. The first-order chi connectivity index (χ1) is 14.5. The molecule has 2 aromatic carbocycles. The second-order valence-electron chi connectivity index (χ2n) is 8.62. The number of amidine groups is 1. The van der Waals surface area contributed by atoms with E-state index in [1.165, 1.54) is 23.3 Å². The number of rotatable bonds is 2. The third-order valence-corrected chi connectivity index (χ3v) is 6.92. The predicted molar refractivity (Wildman–Crippen MR) is 116 cm³/mol. The van der Waals surface area contributed by atoms with E-state index in [-0.39, 0.29) is 11.8 Å². The van der Waals surface area contributed by atoms with Gasteiger partial charge in [0.2, 0.25) is 0 Å². The topological polar surface area (TPSA) is 39.1 Å².